The molecular formula is C21H21ClN2S. The molecule has 4 heteroatoms. The Morgan fingerprint density at radius 2 is 1.52 bits per heavy atom. The van der Waals surface area contributed by atoms with E-state index in [0.29, 0.717) is 0 Å². The van der Waals surface area contributed by atoms with Gasteiger partial charge in [-0.2, -0.15) is 0 Å². The third kappa shape index (κ3) is 3.80. The van der Waals surface area contributed by atoms with Crippen molar-refractivity contribution in [1.82, 2.24) is 10.2 Å². The number of piperazine rings is 1. The standard InChI is InChI=1S/C21H21ClN2S/c22-20-11-10-19(25-20)21(24-14-12-23-13-15-24)18-8-6-17(7-9-18)16-4-2-1-3-5-16/h1-11,21,23H,12-15H2. The van der Waals surface area contributed by atoms with E-state index in [1.807, 2.05) is 6.07 Å². The molecule has 0 radical (unpaired) electrons. The van der Waals surface area contributed by atoms with Gasteiger partial charge in [0, 0.05) is 31.1 Å². The van der Waals surface area contributed by atoms with Gasteiger partial charge in [-0.3, -0.25) is 4.90 Å². The van der Waals surface area contributed by atoms with Gasteiger partial charge < -0.3 is 5.32 Å². The summed E-state index contributed by atoms with van der Waals surface area (Å²) in [5.41, 5.74) is 3.85. The van der Waals surface area contributed by atoms with Crippen LogP contribution in [0.5, 0.6) is 0 Å². The van der Waals surface area contributed by atoms with Gasteiger partial charge >= 0.3 is 0 Å². The van der Waals surface area contributed by atoms with E-state index in [9.17, 15) is 0 Å². The van der Waals surface area contributed by atoms with Gasteiger partial charge in [-0.15, -0.1) is 11.3 Å². The Kier molecular flexibility index (Phi) is 5.18. The summed E-state index contributed by atoms with van der Waals surface area (Å²) < 4.78 is 0.857. The molecule has 1 N–H and O–H groups in total. The fraction of sp³-hybridized carbons (Fsp3) is 0.238. The zero-order valence-corrected chi connectivity index (χ0v) is 15.6. The van der Waals surface area contributed by atoms with E-state index in [4.69, 9.17) is 11.6 Å². The van der Waals surface area contributed by atoms with Gasteiger partial charge in [0.1, 0.15) is 0 Å². The molecule has 2 aromatic carbocycles. The van der Waals surface area contributed by atoms with Crippen molar-refractivity contribution in [2.75, 3.05) is 26.2 Å². The molecule has 1 aromatic heterocycles. The van der Waals surface area contributed by atoms with E-state index < -0.39 is 0 Å². The highest BCUT2D eigenvalue weighted by Crippen LogP contribution is 2.36. The number of rotatable bonds is 4. The van der Waals surface area contributed by atoms with Gasteiger partial charge in [0.05, 0.1) is 10.4 Å². The zero-order chi connectivity index (χ0) is 17.1. The lowest BCUT2D eigenvalue weighted by atomic mass is 9.98. The molecule has 0 amide bonds. The maximum Gasteiger partial charge on any atom is 0.0931 e. The molecular weight excluding hydrogens is 348 g/mol. The van der Waals surface area contributed by atoms with E-state index in [-0.39, 0.29) is 6.04 Å². The van der Waals surface area contributed by atoms with Gasteiger partial charge in [-0.05, 0) is 28.8 Å². The number of nitrogens with zero attached hydrogens (tertiary/aromatic N) is 1. The molecule has 0 aliphatic carbocycles. The van der Waals surface area contributed by atoms with Crippen molar-refractivity contribution in [2.45, 2.75) is 6.04 Å². The first-order chi connectivity index (χ1) is 12.3. The fourth-order valence-electron chi connectivity index (χ4n) is 3.46. The molecule has 0 spiro atoms. The summed E-state index contributed by atoms with van der Waals surface area (Å²) in [4.78, 5) is 3.87. The molecule has 2 nitrogen and oxygen atoms in total. The summed E-state index contributed by atoms with van der Waals surface area (Å²) >= 11 is 7.91. The first-order valence-electron chi connectivity index (χ1n) is 8.67. The predicted octanol–water partition coefficient (Wildman–Crippen LogP) is 5.06. The molecule has 128 valence electrons. The predicted molar refractivity (Wildman–Crippen MR) is 107 cm³/mol. The summed E-state index contributed by atoms with van der Waals surface area (Å²) in [5.74, 6) is 0. The first kappa shape index (κ1) is 16.8. The summed E-state index contributed by atoms with van der Waals surface area (Å²) in [5, 5.41) is 3.44. The van der Waals surface area contributed by atoms with E-state index >= 15 is 0 Å². The van der Waals surface area contributed by atoms with Crippen LogP contribution in [0.15, 0.2) is 66.7 Å². The van der Waals surface area contributed by atoms with Crippen LogP contribution in [-0.4, -0.2) is 31.1 Å². The maximum absolute atomic E-state index is 6.22. The van der Waals surface area contributed by atoms with Crippen LogP contribution < -0.4 is 5.32 Å². The lowest BCUT2D eigenvalue weighted by Crippen LogP contribution is -2.45. The highest BCUT2D eigenvalue weighted by Gasteiger charge is 2.25. The SMILES string of the molecule is Clc1ccc(C(c2ccc(-c3ccccc3)cc2)N2CCNCC2)s1. The minimum atomic E-state index is 0.282. The van der Waals surface area contributed by atoms with Crippen LogP contribution >= 0.6 is 22.9 Å². The van der Waals surface area contributed by atoms with E-state index in [0.717, 1.165) is 30.5 Å². The van der Waals surface area contributed by atoms with E-state index in [1.54, 1.807) is 11.3 Å². The van der Waals surface area contributed by atoms with Crippen molar-refractivity contribution in [2.24, 2.45) is 0 Å². The molecule has 1 aliphatic rings. The lowest BCUT2D eigenvalue weighted by molar-refractivity contribution is 0.200. The van der Waals surface area contributed by atoms with Crippen molar-refractivity contribution in [3.63, 3.8) is 0 Å². The monoisotopic (exact) mass is 368 g/mol. The Labute approximate surface area is 158 Å². The number of nitrogens with one attached hydrogen (secondary N) is 1. The van der Waals surface area contributed by atoms with Crippen molar-refractivity contribution in [3.8, 4) is 11.1 Å². The van der Waals surface area contributed by atoms with Crippen LogP contribution in [-0.2, 0) is 0 Å². The second-order valence-corrected chi connectivity index (χ2v) is 8.07. The Balaban J connectivity index is 1.67. The average molecular weight is 369 g/mol. The molecule has 1 fully saturated rings. The van der Waals surface area contributed by atoms with Gasteiger partial charge in [-0.25, -0.2) is 0 Å². The van der Waals surface area contributed by atoms with Crippen LogP contribution in [0.3, 0.4) is 0 Å². The molecule has 1 aliphatic heterocycles. The van der Waals surface area contributed by atoms with Crippen molar-refractivity contribution in [3.05, 3.63) is 81.5 Å². The minimum Gasteiger partial charge on any atom is -0.314 e. The fourth-order valence-corrected chi connectivity index (χ4v) is 4.68. The van der Waals surface area contributed by atoms with Crippen molar-refractivity contribution < 1.29 is 0 Å². The van der Waals surface area contributed by atoms with Gasteiger partial charge in [0.25, 0.3) is 0 Å². The normalized spacial score (nSPS) is 16.7. The Bertz CT molecular complexity index is 807. The molecule has 0 saturated carbocycles. The van der Waals surface area contributed by atoms with E-state index in [2.05, 4.69) is 70.9 Å². The van der Waals surface area contributed by atoms with Crippen molar-refractivity contribution in [1.29, 1.82) is 0 Å². The Morgan fingerprint density at radius 1 is 0.840 bits per heavy atom. The zero-order valence-electron chi connectivity index (χ0n) is 14.0. The highest BCUT2D eigenvalue weighted by atomic mass is 35.5. The third-order valence-corrected chi connectivity index (χ3v) is 6.00. The summed E-state index contributed by atoms with van der Waals surface area (Å²) in [7, 11) is 0. The Hall–Kier alpha value is -1.65. The van der Waals surface area contributed by atoms with Crippen LogP contribution in [0.1, 0.15) is 16.5 Å². The average Bonchev–Trinajstić information content (AvgIpc) is 3.10. The van der Waals surface area contributed by atoms with Crippen LogP contribution in [0.2, 0.25) is 4.34 Å². The number of hydrogen-bond acceptors (Lipinski definition) is 3. The second-order valence-electron chi connectivity index (χ2n) is 6.32. The van der Waals surface area contributed by atoms with E-state index in [1.165, 1.54) is 21.6 Å². The van der Waals surface area contributed by atoms with Gasteiger partial charge in [0.15, 0.2) is 0 Å². The molecule has 4 rings (SSSR count). The van der Waals surface area contributed by atoms with Crippen LogP contribution in [0.25, 0.3) is 11.1 Å². The molecule has 25 heavy (non-hydrogen) atoms. The molecule has 2 heterocycles. The highest BCUT2D eigenvalue weighted by molar-refractivity contribution is 7.16. The summed E-state index contributed by atoms with van der Waals surface area (Å²) in [6, 6.07) is 24.0. The molecule has 0 bridgehead atoms. The summed E-state index contributed by atoms with van der Waals surface area (Å²) in [6.07, 6.45) is 0. The quantitative estimate of drug-likeness (QED) is 0.692. The molecule has 1 saturated heterocycles. The van der Waals surface area contributed by atoms with Crippen LogP contribution in [0.4, 0.5) is 0 Å². The smallest absolute Gasteiger partial charge is 0.0931 e. The Morgan fingerprint density at radius 3 is 2.16 bits per heavy atom. The third-order valence-electron chi connectivity index (χ3n) is 4.71. The summed E-state index contributed by atoms with van der Waals surface area (Å²) in [6.45, 7) is 4.19. The number of benzene rings is 2. The van der Waals surface area contributed by atoms with Crippen molar-refractivity contribution >= 4 is 22.9 Å². The molecule has 1 atom stereocenters. The second kappa shape index (κ2) is 7.71. The van der Waals surface area contributed by atoms with Gasteiger partial charge in [0.2, 0.25) is 0 Å². The topological polar surface area (TPSA) is 15.3 Å². The largest absolute Gasteiger partial charge is 0.314 e. The number of hydrogen-bond donors (Lipinski definition) is 1. The molecule has 1 unspecified atom stereocenters. The van der Waals surface area contributed by atoms with Gasteiger partial charge in [-0.1, -0.05) is 66.2 Å². The molecule has 3 aromatic rings. The maximum atomic E-state index is 6.22. The lowest BCUT2D eigenvalue weighted by Gasteiger charge is -2.34. The first-order valence-corrected chi connectivity index (χ1v) is 9.86. The minimum absolute atomic E-state index is 0.282. The van der Waals surface area contributed by atoms with Crippen LogP contribution in [0, 0.1) is 0 Å². The number of halogens is 1. The number of thiophene rings is 1.